The molecule has 2 N–H and O–H groups in total. The first kappa shape index (κ1) is 17.1. The standard InChI is InChI=1S/C16H28N2O4/c1-9-11(13(17)14(19)21-5)8-10-6-7-12(9)18(10)15(20)22-16(2,3)4/h9-13H,6-8,17H2,1-5H3. The minimum atomic E-state index is -0.621. The van der Waals surface area contributed by atoms with E-state index in [0.717, 1.165) is 19.3 Å². The number of nitrogens with two attached hydrogens (primary N) is 1. The molecule has 5 atom stereocenters. The predicted molar refractivity (Wildman–Crippen MR) is 82.1 cm³/mol. The molecule has 2 heterocycles. The summed E-state index contributed by atoms with van der Waals surface area (Å²) >= 11 is 0. The third kappa shape index (κ3) is 3.21. The fourth-order valence-corrected chi connectivity index (χ4v) is 3.86. The molecule has 2 fully saturated rings. The zero-order valence-electron chi connectivity index (χ0n) is 14.2. The van der Waals surface area contributed by atoms with Gasteiger partial charge < -0.3 is 20.1 Å². The summed E-state index contributed by atoms with van der Waals surface area (Å²) in [6, 6.07) is -0.421. The fraction of sp³-hybridized carbons (Fsp3) is 0.875. The van der Waals surface area contributed by atoms with Gasteiger partial charge in [-0.05, 0) is 51.9 Å². The van der Waals surface area contributed by atoms with Gasteiger partial charge in [0, 0.05) is 12.1 Å². The number of hydrogen-bond acceptors (Lipinski definition) is 5. The molecule has 1 amide bonds. The van der Waals surface area contributed by atoms with Gasteiger partial charge >= 0.3 is 12.1 Å². The molecular formula is C16H28N2O4. The highest BCUT2D eigenvalue weighted by Gasteiger charge is 2.51. The fourth-order valence-electron chi connectivity index (χ4n) is 3.86. The minimum absolute atomic E-state index is 0.0450. The van der Waals surface area contributed by atoms with Crippen LogP contribution in [0.3, 0.4) is 0 Å². The highest BCUT2D eigenvalue weighted by Crippen LogP contribution is 2.44. The lowest BCUT2D eigenvalue weighted by Crippen LogP contribution is -2.56. The van der Waals surface area contributed by atoms with E-state index < -0.39 is 11.6 Å². The first-order valence-corrected chi connectivity index (χ1v) is 8.00. The van der Waals surface area contributed by atoms with Crippen molar-refractivity contribution in [1.29, 1.82) is 0 Å². The predicted octanol–water partition coefficient (Wildman–Crippen LogP) is 1.91. The summed E-state index contributed by atoms with van der Waals surface area (Å²) in [7, 11) is 1.36. The molecule has 2 aliphatic heterocycles. The molecule has 0 aromatic heterocycles. The van der Waals surface area contributed by atoms with Crippen molar-refractivity contribution in [3.8, 4) is 0 Å². The van der Waals surface area contributed by atoms with E-state index in [1.807, 2.05) is 25.7 Å². The molecule has 6 nitrogen and oxygen atoms in total. The van der Waals surface area contributed by atoms with Gasteiger partial charge in [0.05, 0.1) is 7.11 Å². The number of ether oxygens (including phenoxy) is 2. The van der Waals surface area contributed by atoms with Crippen molar-refractivity contribution in [3.05, 3.63) is 0 Å². The van der Waals surface area contributed by atoms with E-state index in [4.69, 9.17) is 15.2 Å². The number of rotatable bonds is 2. The summed E-state index contributed by atoms with van der Waals surface area (Å²) < 4.78 is 10.3. The van der Waals surface area contributed by atoms with Gasteiger partial charge in [0.2, 0.25) is 0 Å². The van der Waals surface area contributed by atoms with E-state index in [9.17, 15) is 9.59 Å². The average molecular weight is 312 g/mol. The van der Waals surface area contributed by atoms with Crippen LogP contribution >= 0.6 is 0 Å². The number of hydrogen-bond donors (Lipinski definition) is 1. The molecular weight excluding hydrogens is 284 g/mol. The summed E-state index contributed by atoms with van der Waals surface area (Å²) in [5.74, 6) is -0.175. The van der Waals surface area contributed by atoms with Crippen LogP contribution < -0.4 is 5.73 Å². The SMILES string of the molecule is COC(=O)C(N)C1CC2CCC(C1C)N2C(=O)OC(C)(C)C. The van der Waals surface area contributed by atoms with Crippen LogP contribution in [-0.2, 0) is 14.3 Å². The van der Waals surface area contributed by atoms with E-state index in [1.54, 1.807) is 0 Å². The molecule has 0 saturated carbocycles. The van der Waals surface area contributed by atoms with Crippen LogP contribution in [0.5, 0.6) is 0 Å². The maximum absolute atomic E-state index is 12.5. The van der Waals surface area contributed by atoms with Crippen LogP contribution in [0.4, 0.5) is 4.79 Å². The van der Waals surface area contributed by atoms with Crippen molar-refractivity contribution in [2.75, 3.05) is 7.11 Å². The van der Waals surface area contributed by atoms with Gasteiger partial charge in [-0.1, -0.05) is 6.92 Å². The Balaban J connectivity index is 2.12. The van der Waals surface area contributed by atoms with Crippen LogP contribution in [-0.4, -0.2) is 47.8 Å². The quantitative estimate of drug-likeness (QED) is 0.788. The Bertz CT molecular complexity index is 446. The van der Waals surface area contributed by atoms with Crippen LogP contribution in [0.2, 0.25) is 0 Å². The van der Waals surface area contributed by atoms with Crippen molar-refractivity contribution in [2.24, 2.45) is 17.6 Å². The maximum Gasteiger partial charge on any atom is 0.410 e. The first-order chi connectivity index (χ1) is 10.2. The van der Waals surface area contributed by atoms with Gasteiger partial charge in [-0.2, -0.15) is 0 Å². The summed E-state index contributed by atoms with van der Waals surface area (Å²) in [6.07, 6.45) is 2.36. The molecule has 6 heteroatoms. The van der Waals surface area contributed by atoms with Crippen LogP contribution in [0.15, 0.2) is 0 Å². The zero-order chi connectivity index (χ0) is 16.7. The molecule has 0 aromatic rings. The molecule has 0 spiro atoms. The summed E-state index contributed by atoms with van der Waals surface area (Å²) in [6.45, 7) is 7.68. The number of amides is 1. The normalized spacial score (nSPS) is 32.5. The third-order valence-electron chi connectivity index (χ3n) is 4.91. The largest absolute Gasteiger partial charge is 0.468 e. The molecule has 2 bridgehead atoms. The van der Waals surface area contributed by atoms with Crippen molar-refractivity contribution >= 4 is 12.1 Å². The Kier molecular flexibility index (Phi) is 4.70. The Morgan fingerprint density at radius 3 is 2.45 bits per heavy atom. The molecule has 0 radical (unpaired) electrons. The second-order valence-electron chi connectivity index (χ2n) is 7.49. The highest BCUT2D eigenvalue weighted by molar-refractivity contribution is 5.76. The topological polar surface area (TPSA) is 81.9 Å². The van der Waals surface area contributed by atoms with E-state index >= 15 is 0 Å². The van der Waals surface area contributed by atoms with Crippen molar-refractivity contribution in [2.45, 2.75) is 70.7 Å². The molecule has 22 heavy (non-hydrogen) atoms. The van der Waals surface area contributed by atoms with Crippen LogP contribution in [0.25, 0.3) is 0 Å². The monoisotopic (exact) mass is 312 g/mol. The number of methoxy groups -OCH3 is 1. The number of esters is 1. The Morgan fingerprint density at radius 1 is 1.27 bits per heavy atom. The molecule has 5 unspecified atom stereocenters. The number of carbonyl (C=O) groups excluding carboxylic acids is 2. The van der Waals surface area contributed by atoms with Crippen LogP contribution in [0, 0.1) is 11.8 Å². The second kappa shape index (κ2) is 6.07. The van der Waals surface area contributed by atoms with E-state index in [2.05, 4.69) is 6.92 Å². The van der Waals surface area contributed by atoms with Gasteiger partial charge in [-0.25, -0.2) is 4.79 Å². The zero-order valence-corrected chi connectivity index (χ0v) is 14.2. The molecule has 0 aromatic carbocycles. The lowest BCUT2D eigenvalue weighted by atomic mass is 9.77. The molecule has 2 saturated heterocycles. The Hall–Kier alpha value is -1.30. The maximum atomic E-state index is 12.5. The van der Waals surface area contributed by atoms with Gasteiger partial charge in [-0.15, -0.1) is 0 Å². The molecule has 0 aliphatic carbocycles. The smallest absolute Gasteiger partial charge is 0.410 e. The Labute approximate surface area is 132 Å². The van der Waals surface area contributed by atoms with Crippen molar-refractivity contribution in [1.82, 2.24) is 4.90 Å². The highest BCUT2D eigenvalue weighted by atomic mass is 16.6. The molecule has 2 rings (SSSR count). The van der Waals surface area contributed by atoms with Gasteiger partial charge in [0.1, 0.15) is 11.6 Å². The lowest BCUT2D eigenvalue weighted by molar-refractivity contribution is -0.145. The first-order valence-electron chi connectivity index (χ1n) is 8.00. The Morgan fingerprint density at radius 2 is 1.91 bits per heavy atom. The second-order valence-corrected chi connectivity index (χ2v) is 7.49. The lowest BCUT2D eigenvalue weighted by Gasteiger charge is -2.44. The minimum Gasteiger partial charge on any atom is -0.468 e. The third-order valence-corrected chi connectivity index (χ3v) is 4.91. The number of nitrogens with zero attached hydrogens (tertiary/aromatic N) is 1. The number of piperidine rings is 1. The van der Waals surface area contributed by atoms with Gasteiger partial charge in [0.15, 0.2) is 0 Å². The van der Waals surface area contributed by atoms with Gasteiger partial charge in [0.25, 0.3) is 0 Å². The molecule has 2 aliphatic rings. The average Bonchev–Trinajstić information content (AvgIpc) is 2.77. The summed E-state index contributed by atoms with van der Waals surface area (Å²) in [5.41, 5.74) is 5.56. The van der Waals surface area contributed by atoms with E-state index in [0.29, 0.717) is 0 Å². The van der Waals surface area contributed by atoms with Crippen molar-refractivity contribution in [3.63, 3.8) is 0 Å². The van der Waals surface area contributed by atoms with Crippen LogP contribution in [0.1, 0.15) is 47.0 Å². The number of carbonyl (C=O) groups is 2. The van der Waals surface area contributed by atoms with E-state index in [1.165, 1.54) is 7.11 Å². The molecule has 126 valence electrons. The van der Waals surface area contributed by atoms with Gasteiger partial charge in [-0.3, -0.25) is 4.79 Å². The van der Waals surface area contributed by atoms with E-state index in [-0.39, 0.29) is 36.0 Å². The summed E-state index contributed by atoms with van der Waals surface area (Å²) in [5, 5.41) is 0. The van der Waals surface area contributed by atoms with Crippen molar-refractivity contribution < 1.29 is 19.1 Å². The summed E-state index contributed by atoms with van der Waals surface area (Å²) in [4.78, 5) is 26.1. The number of fused-ring (bicyclic) bond motifs is 2.